The lowest BCUT2D eigenvalue weighted by Crippen LogP contribution is -2.32. The number of benzene rings is 2. The van der Waals surface area contributed by atoms with Crippen LogP contribution in [-0.2, 0) is 25.9 Å². The predicted octanol–water partition coefficient (Wildman–Crippen LogP) is 5.57. The molecule has 11 heteroatoms. The lowest BCUT2D eigenvalue weighted by molar-refractivity contribution is 0.261. The topological polar surface area (TPSA) is 79.9 Å². The molecule has 44 heavy (non-hydrogen) atoms. The molecule has 1 saturated heterocycles. The number of likely N-dealkylation sites (N-methyl/N-ethyl adjacent to an activating group) is 1. The second kappa shape index (κ2) is 11.1. The number of halogens is 1. The van der Waals surface area contributed by atoms with Crippen LogP contribution in [0.1, 0.15) is 23.2 Å². The van der Waals surface area contributed by atoms with E-state index in [1.807, 2.05) is 23.0 Å². The van der Waals surface area contributed by atoms with Gasteiger partial charge >= 0.3 is 0 Å². The fraction of sp³-hybridized carbons (Fsp3) is 0.333. The molecule has 0 saturated carbocycles. The third kappa shape index (κ3) is 5.04. The summed E-state index contributed by atoms with van der Waals surface area (Å²) in [7, 11) is 4.35. The number of anilines is 2. The predicted molar refractivity (Wildman–Crippen MR) is 173 cm³/mol. The molecule has 5 heterocycles. The van der Waals surface area contributed by atoms with E-state index >= 15 is 0 Å². The Morgan fingerprint density at radius 3 is 2.89 bits per heavy atom. The van der Waals surface area contributed by atoms with E-state index in [9.17, 15) is 4.39 Å². The fourth-order valence-electron chi connectivity index (χ4n) is 6.65. The summed E-state index contributed by atoms with van der Waals surface area (Å²) in [6, 6.07) is 13.5. The minimum Gasteiger partial charge on any atom is -0.340 e. The first kappa shape index (κ1) is 27.4. The van der Waals surface area contributed by atoms with Gasteiger partial charge < -0.3 is 10.2 Å². The largest absolute Gasteiger partial charge is 0.340 e. The molecule has 1 fully saturated rings. The zero-order valence-corrected chi connectivity index (χ0v) is 25.7. The van der Waals surface area contributed by atoms with E-state index in [1.165, 1.54) is 34.2 Å². The molecule has 1 N–H and O–H groups in total. The molecule has 0 bridgehead atoms. The van der Waals surface area contributed by atoms with Gasteiger partial charge in [0.1, 0.15) is 22.8 Å². The highest BCUT2D eigenvalue weighted by Crippen LogP contribution is 2.45. The molecule has 1 aliphatic heterocycles. The number of likely N-dealkylation sites (tertiary alicyclic amines) is 1. The van der Waals surface area contributed by atoms with Crippen molar-refractivity contribution in [3.8, 4) is 10.4 Å². The van der Waals surface area contributed by atoms with Crippen LogP contribution in [0.2, 0.25) is 0 Å². The molecule has 0 spiro atoms. The van der Waals surface area contributed by atoms with Crippen LogP contribution >= 0.6 is 11.3 Å². The van der Waals surface area contributed by atoms with Crippen LogP contribution in [0.4, 0.5) is 15.9 Å². The van der Waals surface area contributed by atoms with Crippen molar-refractivity contribution in [2.75, 3.05) is 39.0 Å². The molecule has 8 rings (SSSR count). The Balaban J connectivity index is 1.03. The van der Waals surface area contributed by atoms with Crippen LogP contribution in [0.3, 0.4) is 0 Å². The van der Waals surface area contributed by atoms with E-state index < -0.39 is 0 Å². The van der Waals surface area contributed by atoms with Gasteiger partial charge in [0.2, 0.25) is 0 Å². The maximum Gasteiger partial charge on any atom is 0.142 e. The van der Waals surface area contributed by atoms with Crippen molar-refractivity contribution in [2.45, 2.75) is 38.4 Å². The number of fused-ring (bicyclic) bond motifs is 6. The molecule has 1 aliphatic carbocycles. The van der Waals surface area contributed by atoms with Crippen molar-refractivity contribution in [1.29, 1.82) is 0 Å². The van der Waals surface area contributed by atoms with Crippen molar-refractivity contribution in [3.63, 3.8) is 0 Å². The molecule has 1 unspecified atom stereocenters. The molecular formula is C33H34FN9S. The average Bonchev–Trinajstić information content (AvgIpc) is 3.80. The monoisotopic (exact) mass is 607 g/mol. The van der Waals surface area contributed by atoms with E-state index in [2.05, 4.69) is 67.3 Å². The normalized spacial score (nSPS) is 16.7. The number of rotatable bonds is 8. The number of hydrogen-bond acceptors (Lipinski definition) is 8. The van der Waals surface area contributed by atoms with Gasteiger partial charge in [-0.15, -0.1) is 11.3 Å². The lowest BCUT2D eigenvalue weighted by Gasteiger charge is -2.20. The number of thiophene rings is 1. The maximum absolute atomic E-state index is 13.7. The van der Waals surface area contributed by atoms with Crippen molar-refractivity contribution in [3.05, 3.63) is 83.8 Å². The van der Waals surface area contributed by atoms with Gasteiger partial charge in [0.05, 0.1) is 35.9 Å². The van der Waals surface area contributed by atoms with Gasteiger partial charge in [-0.25, -0.2) is 14.4 Å². The molecule has 0 amide bonds. The highest BCUT2D eigenvalue weighted by Gasteiger charge is 2.27. The first-order chi connectivity index (χ1) is 21.5. The number of hydrogen-bond donors (Lipinski definition) is 1. The summed E-state index contributed by atoms with van der Waals surface area (Å²) in [5.41, 5.74) is 6.52. The third-order valence-corrected chi connectivity index (χ3v) is 10.2. The molecular weight excluding hydrogens is 573 g/mol. The van der Waals surface area contributed by atoms with E-state index in [4.69, 9.17) is 5.10 Å². The van der Waals surface area contributed by atoms with Gasteiger partial charge in [0.15, 0.2) is 0 Å². The Hall–Kier alpha value is -4.19. The smallest absolute Gasteiger partial charge is 0.142 e. The first-order valence-corrected chi connectivity index (χ1v) is 16.0. The van der Waals surface area contributed by atoms with Crippen LogP contribution in [-0.4, -0.2) is 79.1 Å². The van der Waals surface area contributed by atoms with Crippen molar-refractivity contribution < 1.29 is 4.39 Å². The molecule has 6 aromatic rings. The van der Waals surface area contributed by atoms with E-state index in [0.29, 0.717) is 12.6 Å². The van der Waals surface area contributed by atoms with E-state index in [0.717, 1.165) is 77.2 Å². The lowest BCUT2D eigenvalue weighted by atomic mass is 9.95. The molecule has 9 nitrogen and oxygen atoms in total. The number of aromatic nitrogens is 6. The minimum atomic E-state index is -0.238. The van der Waals surface area contributed by atoms with Crippen LogP contribution in [0.25, 0.3) is 31.6 Å². The van der Waals surface area contributed by atoms with Crippen LogP contribution in [0, 0.1) is 5.82 Å². The fourth-order valence-corrected chi connectivity index (χ4v) is 7.87. The van der Waals surface area contributed by atoms with Crippen LogP contribution in [0.15, 0.2) is 61.2 Å². The summed E-state index contributed by atoms with van der Waals surface area (Å²) in [6.45, 7) is 4.73. The molecule has 2 aromatic carbocycles. The molecule has 0 radical (unpaired) electrons. The van der Waals surface area contributed by atoms with Gasteiger partial charge in [-0.3, -0.25) is 14.3 Å². The second-order valence-electron chi connectivity index (χ2n) is 12.1. The summed E-state index contributed by atoms with van der Waals surface area (Å²) < 4.78 is 17.7. The third-order valence-electron chi connectivity index (χ3n) is 9.03. The highest BCUT2D eigenvalue weighted by molar-refractivity contribution is 7.22. The zero-order chi connectivity index (χ0) is 29.8. The summed E-state index contributed by atoms with van der Waals surface area (Å²) >= 11 is 1.73. The van der Waals surface area contributed by atoms with Gasteiger partial charge in [-0.2, -0.15) is 10.2 Å². The van der Waals surface area contributed by atoms with Crippen LogP contribution < -0.4 is 5.32 Å². The van der Waals surface area contributed by atoms with Gasteiger partial charge in [-0.05, 0) is 81.4 Å². The van der Waals surface area contributed by atoms with Crippen LogP contribution in [0.5, 0.6) is 0 Å². The summed E-state index contributed by atoms with van der Waals surface area (Å²) in [4.78, 5) is 16.5. The Morgan fingerprint density at radius 1 is 1.09 bits per heavy atom. The van der Waals surface area contributed by atoms with Crippen molar-refractivity contribution >= 4 is 44.0 Å². The highest BCUT2D eigenvalue weighted by atomic mass is 32.1. The summed E-state index contributed by atoms with van der Waals surface area (Å²) in [6.07, 6.45) is 8.80. The quantitative estimate of drug-likeness (QED) is 0.242. The second-order valence-corrected chi connectivity index (χ2v) is 13.1. The SMILES string of the molecule is CN(C)C1CCN(CCn2cc3c(n2)CCc2c-3sc3ncnc(Nc4ccc5c(cnn5Cc5cccc(F)c5)c4)c23)C1. The Bertz CT molecular complexity index is 1990. The van der Waals surface area contributed by atoms with Crippen molar-refractivity contribution in [2.24, 2.45) is 0 Å². The molecule has 224 valence electrons. The standard InChI is InChI=1S/C33H34FN9S/c1-40(2)25-10-11-41(18-25)12-13-42-19-27-28(39-42)8-7-26-30-32(35-20-36-33(30)44-31(26)27)38-24-6-9-29-22(15-24)16-37-43(29)17-21-4-3-5-23(34)14-21/h3-6,9,14-16,19-20,25H,7-8,10-13,17-18H2,1-2H3,(H,35,36,38). The molecule has 4 aromatic heterocycles. The molecule has 2 aliphatic rings. The van der Waals surface area contributed by atoms with Gasteiger partial charge in [0.25, 0.3) is 0 Å². The van der Waals surface area contributed by atoms with E-state index in [-0.39, 0.29) is 5.82 Å². The number of nitrogens with one attached hydrogen (secondary N) is 1. The summed E-state index contributed by atoms with van der Waals surface area (Å²) in [5, 5.41) is 15.2. The zero-order valence-electron chi connectivity index (χ0n) is 24.9. The van der Waals surface area contributed by atoms with E-state index in [1.54, 1.807) is 29.8 Å². The average molecular weight is 608 g/mol. The summed E-state index contributed by atoms with van der Waals surface area (Å²) in [5.74, 6) is 0.581. The maximum atomic E-state index is 13.7. The molecule has 1 atom stereocenters. The first-order valence-electron chi connectivity index (χ1n) is 15.2. The minimum absolute atomic E-state index is 0.238. The van der Waals surface area contributed by atoms with Gasteiger partial charge in [-0.1, -0.05) is 12.1 Å². The Morgan fingerprint density at radius 2 is 2.02 bits per heavy atom. The Kier molecular flexibility index (Phi) is 6.88. The number of aryl methyl sites for hydroxylation is 2. The number of nitrogens with zero attached hydrogens (tertiary/aromatic N) is 8. The van der Waals surface area contributed by atoms with Gasteiger partial charge in [0, 0.05) is 46.8 Å². The Labute approximate surface area is 258 Å². The van der Waals surface area contributed by atoms with Crippen molar-refractivity contribution in [1.82, 2.24) is 39.3 Å².